The Kier molecular flexibility index (Phi) is 2.68. The van der Waals surface area contributed by atoms with Crippen LogP contribution in [0.3, 0.4) is 0 Å². The number of carboxylic acids is 1. The fourth-order valence-electron chi connectivity index (χ4n) is 1.81. The molecule has 0 atom stereocenters. The summed E-state index contributed by atoms with van der Waals surface area (Å²) in [7, 11) is 0. The number of fused-ring (bicyclic) bond motifs is 1. The Bertz CT molecular complexity index is 786. The Balaban J connectivity index is 1.98. The van der Waals surface area contributed by atoms with Crippen LogP contribution in [0.1, 0.15) is 16.1 Å². The molecule has 0 aromatic carbocycles. The molecule has 0 bridgehead atoms. The number of thiazole rings is 1. The van der Waals surface area contributed by atoms with Crippen molar-refractivity contribution in [2.45, 2.75) is 6.54 Å². The van der Waals surface area contributed by atoms with Crippen LogP contribution in [0.2, 0.25) is 0 Å². The van der Waals surface area contributed by atoms with E-state index in [1.54, 1.807) is 0 Å². The summed E-state index contributed by atoms with van der Waals surface area (Å²) in [4.78, 5) is 27.8. The van der Waals surface area contributed by atoms with E-state index in [0.29, 0.717) is 0 Å². The maximum Gasteiger partial charge on any atom is 0.337 e. The van der Waals surface area contributed by atoms with Gasteiger partial charge in [-0.2, -0.15) is 0 Å². The van der Waals surface area contributed by atoms with Gasteiger partial charge in [0.2, 0.25) is 0 Å². The summed E-state index contributed by atoms with van der Waals surface area (Å²) in [5, 5.41) is 10.8. The summed E-state index contributed by atoms with van der Waals surface area (Å²) in [6.07, 6.45) is 5.04. The fraction of sp³-hybridized carbons (Fsp3) is 0.0833. The van der Waals surface area contributed by atoms with Crippen molar-refractivity contribution < 1.29 is 9.90 Å². The average molecular weight is 275 g/mol. The average Bonchev–Trinajstić information content (AvgIpc) is 2.92. The van der Waals surface area contributed by atoms with E-state index in [1.165, 1.54) is 34.2 Å². The Morgan fingerprint density at radius 3 is 2.95 bits per heavy atom. The van der Waals surface area contributed by atoms with Crippen molar-refractivity contribution in [3.63, 3.8) is 0 Å². The smallest absolute Gasteiger partial charge is 0.337 e. The molecule has 0 unspecified atom stereocenters. The van der Waals surface area contributed by atoms with Crippen molar-refractivity contribution in [1.29, 1.82) is 0 Å². The maximum atomic E-state index is 11.7. The van der Waals surface area contributed by atoms with Crippen LogP contribution in [0.5, 0.6) is 0 Å². The Labute approximate surface area is 111 Å². The molecule has 0 radical (unpaired) electrons. The van der Waals surface area contributed by atoms with Crippen LogP contribution in [0.15, 0.2) is 40.9 Å². The van der Waals surface area contributed by atoms with Crippen molar-refractivity contribution in [2.75, 3.05) is 0 Å². The lowest BCUT2D eigenvalue weighted by Crippen LogP contribution is -2.20. The van der Waals surface area contributed by atoms with Crippen molar-refractivity contribution in [3.8, 4) is 0 Å². The lowest BCUT2D eigenvalue weighted by molar-refractivity contribution is 0.0696. The quantitative estimate of drug-likeness (QED) is 0.781. The number of nitrogens with zero attached hydrogens (tertiary/aromatic N) is 3. The first-order valence-electron chi connectivity index (χ1n) is 5.48. The monoisotopic (exact) mass is 275 g/mol. The van der Waals surface area contributed by atoms with Gasteiger partial charge in [0.1, 0.15) is 0 Å². The molecule has 0 aliphatic rings. The van der Waals surface area contributed by atoms with Crippen molar-refractivity contribution in [2.24, 2.45) is 0 Å². The number of aromatic carboxylic acids is 1. The zero-order chi connectivity index (χ0) is 13.4. The molecular formula is C12H9N3O3S. The van der Waals surface area contributed by atoms with E-state index in [4.69, 9.17) is 5.11 Å². The van der Waals surface area contributed by atoms with Crippen LogP contribution in [-0.2, 0) is 6.54 Å². The second kappa shape index (κ2) is 4.36. The van der Waals surface area contributed by atoms with Gasteiger partial charge in [-0.05, 0) is 6.07 Å². The van der Waals surface area contributed by atoms with Gasteiger partial charge in [0.25, 0.3) is 5.56 Å². The van der Waals surface area contributed by atoms with Gasteiger partial charge in [-0.15, -0.1) is 11.3 Å². The molecule has 0 aliphatic carbocycles. The predicted molar refractivity (Wildman–Crippen MR) is 69.8 cm³/mol. The van der Waals surface area contributed by atoms with Gasteiger partial charge in [-0.1, -0.05) is 0 Å². The van der Waals surface area contributed by atoms with Crippen LogP contribution in [0.4, 0.5) is 0 Å². The third-order valence-electron chi connectivity index (χ3n) is 2.71. The van der Waals surface area contributed by atoms with Gasteiger partial charge >= 0.3 is 5.97 Å². The molecule has 3 aromatic heterocycles. The van der Waals surface area contributed by atoms with Gasteiger partial charge in [-0.25, -0.2) is 9.78 Å². The molecular weight excluding hydrogens is 266 g/mol. The molecule has 6 nitrogen and oxygen atoms in total. The first kappa shape index (κ1) is 11.7. The molecule has 7 heteroatoms. The molecule has 0 spiro atoms. The number of hydrogen-bond acceptors (Lipinski definition) is 4. The van der Waals surface area contributed by atoms with E-state index in [2.05, 4.69) is 4.98 Å². The van der Waals surface area contributed by atoms with Crippen LogP contribution < -0.4 is 5.56 Å². The minimum absolute atomic E-state index is 0.0839. The van der Waals surface area contributed by atoms with Crippen LogP contribution in [0, 0.1) is 0 Å². The van der Waals surface area contributed by atoms with E-state index in [0.717, 1.165) is 10.7 Å². The van der Waals surface area contributed by atoms with Gasteiger partial charge in [0.05, 0.1) is 17.8 Å². The molecule has 96 valence electrons. The number of imidazole rings is 1. The molecule has 0 saturated heterocycles. The normalized spacial score (nSPS) is 10.9. The largest absolute Gasteiger partial charge is 0.478 e. The number of pyridine rings is 1. The summed E-state index contributed by atoms with van der Waals surface area (Å²) in [5.74, 6) is -1.06. The first-order chi connectivity index (χ1) is 9.13. The lowest BCUT2D eigenvalue weighted by Gasteiger charge is -2.03. The van der Waals surface area contributed by atoms with Crippen LogP contribution in [0.25, 0.3) is 4.96 Å². The Morgan fingerprint density at radius 2 is 2.21 bits per heavy atom. The molecule has 0 amide bonds. The Hall–Kier alpha value is -2.41. The van der Waals surface area contributed by atoms with Crippen molar-refractivity contribution in [1.82, 2.24) is 14.0 Å². The molecule has 0 aliphatic heterocycles. The van der Waals surface area contributed by atoms with Crippen LogP contribution in [-0.4, -0.2) is 25.0 Å². The Morgan fingerprint density at radius 1 is 1.37 bits per heavy atom. The third-order valence-corrected chi connectivity index (χ3v) is 3.48. The standard InChI is InChI=1S/C12H9N3O3S/c16-10-2-1-8(11(17)18)5-15(10)7-9-6-14-3-4-19-12(14)13-9/h1-6H,7H2,(H,17,18). The topological polar surface area (TPSA) is 76.6 Å². The fourth-order valence-corrected chi connectivity index (χ4v) is 2.53. The second-order valence-corrected chi connectivity index (χ2v) is 4.89. The third kappa shape index (κ3) is 2.15. The summed E-state index contributed by atoms with van der Waals surface area (Å²) < 4.78 is 3.21. The summed E-state index contributed by atoms with van der Waals surface area (Å²) in [6, 6.07) is 2.55. The van der Waals surface area contributed by atoms with E-state index in [9.17, 15) is 9.59 Å². The highest BCUT2D eigenvalue weighted by Crippen LogP contribution is 2.11. The van der Waals surface area contributed by atoms with E-state index in [-0.39, 0.29) is 17.7 Å². The maximum absolute atomic E-state index is 11.7. The molecule has 3 aromatic rings. The highest BCUT2D eigenvalue weighted by atomic mass is 32.1. The minimum atomic E-state index is -1.06. The number of carboxylic acid groups (broad SMARTS) is 1. The molecule has 19 heavy (non-hydrogen) atoms. The molecule has 3 rings (SSSR count). The minimum Gasteiger partial charge on any atom is -0.478 e. The van der Waals surface area contributed by atoms with Crippen molar-refractivity contribution in [3.05, 3.63) is 57.7 Å². The van der Waals surface area contributed by atoms with Gasteiger partial charge in [-0.3, -0.25) is 9.20 Å². The molecule has 3 heterocycles. The highest BCUT2D eigenvalue weighted by Gasteiger charge is 2.08. The van der Waals surface area contributed by atoms with Gasteiger partial charge < -0.3 is 9.67 Å². The van der Waals surface area contributed by atoms with E-state index >= 15 is 0 Å². The summed E-state index contributed by atoms with van der Waals surface area (Å²) in [6.45, 7) is 0.258. The molecule has 0 saturated carbocycles. The van der Waals surface area contributed by atoms with E-state index in [1.807, 2.05) is 22.2 Å². The first-order valence-corrected chi connectivity index (χ1v) is 6.36. The van der Waals surface area contributed by atoms with Crippen molar-refractivity contribution >= 4 is 22.3 Å². The molecule has 0 fully saturated rings. The highest BCUT2D eigenvalue weighted by molar-refractivity contribution is 7.15. The SMILES string of the molecule is O=C(O)c1ccc(=O)n(Cc2cn3ccsc3n2)c1. The van der Waals surface area contributed by atoms with Gasteiger partial charge in [0, 0.05) is 30.0 Å². The van der Waals surface area contributed by atoms with Gasteiger partial charge in [0.15, 0.2) is 4.96 Å². The zero-order valence-corrected chi connectivity index (χ0v) is 10.5. The summed E-state index contributed by atoms with van der Waals surface area (Å²) in [5.41, 5.74) is 0.554. The number of rotatable bonds is 3. The second-order valence-electron chi connectivity index (χ2n) is 4.01. The number of aromatic nitrogens is 3. The number of carbonyl (C=O) groups is 1. The lowest BCUT2D eigenvalue weighted by atomic mass is 10.3. The molecule has 1 N–H and O–H groups in total. The zero-order valence-electron chi connectivity index (χ0n) is 9.68. The predicted octanol–water partition coefficient (Wildman–Crippen LogP) is 1.30. The van der Waals surface area contributed by atoms with E-state index < -0.39 is 5.97 Å². The summed E-state index contributed by atoms with van der Waals surface area (Å²) >= 11 is 1.50. The number of hydrogen-bond donors (Lipinski definition) is 1. The van der Waals surface area contributed by atoms with Crippen LogP contribution >= 0.6 is 11.3 Å².